The highest BCUT2D eigenvalue weighted by Gasteiger charge is 2.25. The second-order valence-electron chi connectivity index (χ2n) is 7.57. The number of hydrogen-bond acceptors (Lipinski definition) is 4. The minimum atomic E-state index is -0.443. The topological polar surface area (TPSA) is 38.8 Å². The molecule has 3 aromatic rings. The molecule has 5 heteroatoms. The summed E-state index contributed by atoms with van der Waals surface area (Å²) in [5.74, 6) is 0.817. The van der Waals surface area contributed by atoms with E-state index in [9.17, 15) is 4.79 Å². The highest BCUT2D eigenvalue weighted by molar-refractivity contribution is 6.32. The highest BCUT2D eigenvalue weighted by atomic mass is 35.5. The third kappa shape index (κ3) is 4.35. The second-order valence-corrected chi connectivity index (χ2v) is 7.98. The van der Waals surface area contributed by atoms with Gasteiger partial charge in [0.05, 0.1) is 17.7 Å². The normalized spacial score (nSPS) is 16.4. The van der Waals surface area contributed by atoms with Crippen LogP contribution in [-0.4, -0.2) is 38.1 Å². The lowest BCUT2D eigenvalue weighted by Gasteiger charge is -2.22. The zero-order valence-corrected chi connectivity index (χ0v) is 17.9. The number of likely N-dealkylation sites (N-methyl/N-ethyl adjacent to an activating group) is 1. The third-order valence-corrected chi connectivity index (χ3v) is 5.85. The lowest BCUT2D eigenvalue weighted by atomic mass is 9.88. The van der Waals surface area contributed by atoms with Gasteiger partial charge in [-0.2, -0.15) is 0 Å². The minimum Gasteiger partial charge on any atom is -0.497 e. The summed E-state index contributed by atoms with van der Waals surface area (Å²) in [4.78, 5) is 15.0. The Labute approximate surface area is 182 Å². The molecule has 3 aromatic carbocycles. The molecule has 4 nitrogen and oxygen atoms in total. The predicted molar refractivity (Wildman–Crippen MR) is 119 cm³/mol. The second kappa shape index (κ2) is 8.90. The Morgan fingerprint density at radius 2 is 1.80 bits per heavy atom. The molecule has 0 aromatic heterocycles. The van der Waals surface area contributed by atoms with Gasteiger partial charge in [0, 0.05) is 19.0 Å². The van der Waals surface area contributed by atoms with Gasteiger partial charge in [-0.3, -0.25) is 0 Å². The molecule has 1 aliphatic heterocycles. The average Bonchev–Trinajstić information content (AvgIpc) is 2.93. The molecule has 1 atom stereocenters. The molecule has 0 N–H and O–H groups in total. The van der Waals surface area contributed by atoms with Crippen molar-refractivity contribution in [3.05, 3.63) is 94.0 Å². The van der Waals surface area contributed by atoms with E-state index in [-0.39, 0.29) is 5.92 Å². The molecule has 0 saturated heterocycles. The van der Waals surface area contributed by atoms with Gasteiger partial charge in [-0.15, -0.1) is 0 Å². The predicted octanol–water partition coefficient (Wildman–Crippen LogP) is 5.19. The van der Waals surface area contributed by atoms with Crippen LogP contribution >= 0.6 is 11.6 Å². The maximum absolute atomic E-state index is 12.7. The van der Waals surface area contributed by atoms with E-state index in [2.05, 4.69) is 36.2 Å². The number of benzene rings is 3. The number of rotatable bonds is 4. The summed E-state index contributed by atoms with van der Waals surface area (Å²) in [5.41, 5.74) is 4.04. The van der Waals surface area contributed by atoms with E-state index in [0.717, 1.165) is 25.1 Å². The standard InChI is InChI=1S/C25H24ClNO3/c1-27-13-12-19-14-23(26)24(30-25(28)18-8-10-20(29-2)11-9-18)15-21(19)22(16-27)17-6-4-3-5-7-17/h3-11,14-15,22H,12-13,16H2,1-2H3/t22-/m0/s1. The van der Waals surface area contributed by atoms with Gasteiger partial charge in [-0.1, -0.05) is 41.9 Å². The van der Waals surface area contributed by atoms with Crippen molar-refractivity contribution in [1.29, 1.82) is 0 Å². The number of esters is 1. The van der Waals surface area contributed by atoms with Crippen LogP contribution in [0.1, 0.15) is 33.0 Å². The van der Waals surface area contributed by atoms with Crippen LogP contribution in [0.15, 0.2) is 66.7 Å². The fraction of sp³-hybridized carbons (Fsp3) is 0.240. The van der Waals surface area contributed by atoms with E-state index >= 15 is 0 Å². The van der Waals surface area contributed by atoms with E-state index in [0.29, 0.717) is 22.1 Å². The van der Waals surface area contributed by atoms with E-state index in [1.54, 1.807) is 31.4 Å². The average molecular weight is 422 g/mol. The van der Waals surface area contributed by atoms with Gasteiger partial charge in [0.15, 0.2) is 0 Å². The number of fused-ring (bicyclic) bond motifs is 1. The summed E-state index contributed by atoms with van der Waals surface area (Å²) in [6, 6.07) is 21.1. The van der Waals surface area contributed by atoms with E-state index in [1.165, 1.54) is 11.1 Å². The van der Waals surface area contributed by atoms with Crippen molar-refractivity contribution in [3.63, 3.8) is 0 Å². The lowest BCUT2D eigenvalue weighted by Crippen LogP contribution is -2.24. The molecule has 1 aliphatic rings. The van der Waals surface area contributed by atoms with Crippen molar-refractivity contribution in [2.45, 2.75) is 12.3 Å². The number of carbonyl (C=O) groups is 1. The largest absolute Gasteiger partial charge is 0.497 e. The Bertz CT molecular complexity index is 1030. The van der Waals surface area contributed by atoms with E-state index < -0.39 is 5.97 Å². The summed E-state index contributed by atoms with van der Waals surface area (Å²) in [6.07, 6.45) is 0.904. The minimum absolute atomic E-state index is 0.185. The van der Waals surface area contributed by atoms with Crippen LogP contribution in [0.5, 0.6) is 11.5 Å². The number of methoxy groups -OCH3 is 1. The fourth-order valence-electron chi connectivity index (χ4n) is 3.90. The van der Waals surface area contributed by atoms with Crippen molar-refractivity contribution < 1.29 is 14.3 Å². The Morgan fingerprint density at radius 3 is 2.50 bits per heavy atom. The maximum Gasteiger partial charge on any atom is 0.343 e. The van der Waals surface area contributed by atoms with Gasteiger partial charge in [0.25, 0.3) is 0 Å². The Kier molecular flexibility index (Phi) is 6.07. The number of carbonyl (C=O) groups excluding carboxylic acids is 1. The van der Waals surface area contributed by atoms with Crippen LogP contribution in [0, 0.1) is 0 Å². The van der Waals surface area contributed by atoms with Crippen LogP contribution in [0.4, 0.5) is 0 Å². The van der Waals surface area contributed by atoms with Crippen LogP contribution in [0.3, 0.4) is 0 Å². The summed E-state index contributed by atoms with van der Waals surface area (Å²) in [6.45, 7) is 1.85. The number of ether oxygens (including phenoxy) is 2. The molecular weight excluding hydrogens is 398 g/mol. The van der Waals surface area contributed by atoms with E-state index in [4.69, 9.17) is 21.1 Å². The molecule has 0 unspecified atom stereocenters. The summed E-state index contributed by atoms with van der Waals surface area (Å²) in [7, 11) is 3.72. The first-order chi connectivity index (χ1) is 14.5. The van der Waals surface area contributed by atoms with Crippen molar-refractivity contribution >= 4 is 17.6 Å². The molecule has 0 saturated carbocycles. The molecule has 154 valence electrons. The molecule has 4 rings (SSSR count). The van der Waals surface area contributed by atoms with Gasteiger partial charge < -0.3 is 14.4 Å². The summed E-state index contributed by atoms with van der Waals surface area (Å²) in [5, 5.41) is 0.451. The van der Waals surface area contributed by atoms with Crippen LogP contribution in [0.25, 0.3) is 0 Å². The van der Waals surface area contributed by atoms with Crippen molar-refractivity contribution in [2.75, 3.05) is 27.2 Å². The quantitative estimate of drug-likeness (QED) is 0.429. The zero-order valence-electron chi connectivity index (χ0n) is 17.1. The van der Waals surface area contributed by atoms with Crippen LogP contribution < -0.4 is 9.47 Å². The van der Waals surface area contributed by atoms with Gasteiger partial charge in [-0.05, 0) is 66.6 Å². The molecule has 0 bridgehead atoms. The Balaban J connectivity index is 1.68. The number of halogens is 1. The molecule has 0 spiro atoms. The smallest absolute Gasteiger partial charge is 0.343 e. The number of hydrogen-bond donors (Lipinski definition) is 0. The molecule has 30 heavy (non-hydrogen) atoms. The van der Waals surface area contributed by atoms with Crippen LogP contribution in [-0.2, 0) is 6.42 Å². The first kappa shape index (κ1) is 20.5. The lowest BCUT2D eigenvalue weighted by molar-refractivity contribution is 0.0734. The maximum atomic E-state index is 12.7. The molecule has 0 aliphatic carbocycles. The SMILES string of the molecule is COc1ccc(C(=O)Oc2cc3c(cc2Cl)CCN(C)C[C@H]3c2ccccc2)cc1. The summed E-state index contributed by atoms with van der Waals surface area (Å²) >= 11 is 6.51. The first-order valence-corrected chi connectivity index (χ1v) is 10.3. The van der Waals surface area contributed by atoms with Crippen molar-refractivity contribution in [3.8, 4) is 11.5 Å². The third-order valence-electron chi connectivity index (χ3n) is 5.56. The van der Waals surface area contributed by atoms with Gasteiger partial charge >= 0.3 is 5.97 Å². The fourth-order valence-corrected chi connectivity index (χ4v) is 4.12. The molecule has 1 heterocycles. The molecule has 0 amide bonds. The molecular formula is C25H24ClNO3. The van der Waals surface area contributed by atoms with Gasteiger partial charge in [-0.25, -0.2) is 4.79 Å². The number of nitrogens with zero attached hydrogens (tertiary/aromatic N) is 1. The Morgan fingerprint density at radius 1 is 1.07 bits per heavy atom. The Hall–Kier alpha value is -2.82. The van der Waals surface area contributed by atoms with Crippen molar-refractivity contribution in [2.24, 2.45) is 0 Å². The summed E-state index contributed by atoms with van der Waals surface area (Å²) < 4.78 is 10.8. The zero-order chi connectivity index (χ0) is 21.1. The van der Waals surface area contributed by atoms with Gasteiger partial charge in [0.1, 0.15) is 11.5 Å². The highest BCUT2D eigenvalue weighted by Crippen LogP contribution is 2.37. The molecule has 0 fully saturated rings. The first-order valence-electron chi connectivity index (χ1n) is 9.97. The van der Waals surface area contributed by atoms with Crippen LogP contribution in [0.2, 0.25) is 5.02 Å². The molecule has 0 radical (unpaired) electrons. The van der Waals surface area contributed by atoms with Crippen molar-refractivity contribution in [1.82, 2.24) is 4.90 Å². The monoisotopic (exact) mass is 421 g/mol. The van der Waals surface area contributed by atoms with E-state index in [1.807, 2.05) is 18.2 Å². The van der Waals surface area contributed by atoms with Gasteiger partial charge in [0.2, 0.25) is 0 Å².